The highest BCUT2D eigenvalue weighted by atomic mass is 79.9. The summed E-state index contributed by atoms with van der Waals surface area (Å²) in [5.74, 6) is 0. The Morgan fingerprint density at radius 3 is 2.45 bits per heavy atom. The second kappa shape index (κ2) is 9.25. The van der Waals surface area contributed by atoms with Crippen molar-refractivity contribution in [1.29, 1.82) is 0 Å². The van der Waals surface area contributed by atoms with E-state index in [0.29, 0.717) is 11.4 Å². The number of hydrogen-bond donors (Lipinski definition) is 2. The Morgan fingerprint density at radius 2 is 1.68 bits per heavy atom. The van der Waals surface area contributed by atoms with Crippen LogP contribution >= 0.6 is 17.0 Å². The lowest BCUT2D eigenvalue weighted by molar-refractivity contribution is 0.574. The average molecular weight is 387 g/mol. The van der Waals surface area contributed by atoms with E-state index in [9.17, 15) is 8.42 Å². The zero-order valence-corrected chi connectivity index (χ0v) is 15.2. The summed E-state index contributed by atoms with van der Waals surface area (Å²) < 4.78 is 27.5. The molecule has 0 atom stereocenters. The predicted octanol–water partition coefficient (Wildman–Crippen LogP) is 3.09. The number of fused-ring (bicyclic) bond motifs is 1. The maximum absolute atomic E-state index is 12.4. The first kappa shape index (κ1) is 19.1. The van der Waals surface area contributed by atoms with Gasteiger partial charge in [-0.2, -0.15) is 0 Å². The molecule has 22 heavy (non-hydrogen) atoms. The Bertz CT molecular complexity index is 684. The molecule has 0 bridgehead atoms. The lowest BCUT2D eigenvalue weighted by Gasteiger charge is -2.09. The van der Waals surface area contributed by atoms with E-state index in [-0.39, 0.29) is 17.0 Å². The SMILES string of the molecule is Br.CCCNCCCNS(=O)(=O)c1cccc2ccccc12. The molecule has 122 valence electrons. The van der Waals surface area contributed by atoms with E-state index >= 15 is 0 Å². The van der Waals surface area contributed by atoms with Crippen LogP contribution < -0.4 is 10.0 Å². The first-order chi connectivity index (χ1) is 10.1. The van der Waals surface area contributed by atoms with Gasteiger partial charge in [0, 0.05) is 11.9 Å². The van der Waals surface area contributed by atoms with Crippen molar-refractivity contribution in [2.24, 2.45) is 0 Å². The third-order valence-corrected chi connectivity index (χ3v) is 4.81. The van der Waals surface area contributed by atoms with Crippen molar-refractivity contribution in [2.75, 3.05) is 19.6 Å². The van der Waals surface area contributed by atoms with Gasteiger partial charge in [-0.3, -0.25) is 0 Å². The fraction of sp³-hybridized carbons (Fsp3) is 0.375. The highest BCUT2D eigenvalue weighted by Gasteiger charge is 2.15. The van der Waals surface area contributed by atoms with Crippen LogP contribution in [0.1, 0.15) is 19.8 Å². The maximum Gasteiger partial charge on any atom is 0.241 e. The molecule has 2 rings (SSSR count). The number of sulfonamides is 1. The van der Waals surface area contributed by atoms with Gasteiger partial charge in [0.25, 0.3) is 0 Å². The Morgan fingerprint density at radius 1 is 0.955 bits per heavy atom. The normalized spacial score (nSPS) is 11.3. The minimum atomic E-state index is -3.46. The van der Waals surface area contributed by atoms with Gasteiger partial charge < -0.3 is 5.32 Å². The van der Waals surface area contributed by atoms with Gasteiger partial charge in [0.1, 0.15) is 0 Å². The minimum Gasteiger partial charge on any atom is -0.317 e. The van der Waals surface area contributed by atoms with Gasteiger partial charge in [0.2, 0.25) is 10.0 Å². The summed E-state index contributed by atoms with van der Waals surface area (Å²) >= 11 is 0. The fourth-order valence-electron chi connectivity index (χ4n) is 2.23. The molecule has 0 unspecified atom stereocenters. The smallest absolute Gasteiger partial charge is 0.241 e. The zero-order valence-electron chi connectivity index (χ0n) is 12.7. The molecule has 0 amide bonds. The van der Waals surface area contributed by atoms with Crippen molar-refractivity contribution in [3.05, 3.63) is 42.5 Å². The molecule has 2 N–H and O–H groups in total. The molecule has 0 saturated carbocycles. The van der Waals surface area contributed by atoms with Gasteiger partial charge in [-0.1, -0.05) is 43.3 Å². The number of hydrogen-bond acceptors (Lipinski definition) is 3. The van der Waals surface area contributed by atoms with Crippen LogP contribution in [-0.2, 0) is 10.0 Å². The maximum atomic E-state index is 12.4. The van der Waals surface area contributed by atoms with Crippen LogP contribution in [0.4, 0.5) is 0 Å². The number of nitrogens with one attached hydrogen (secondary N) is 2. The van der Waals surface area contributed by atoms with Gasteiger partial charge in [-0.15, -0.1) is 17.0 Å². The van der Waals surface area contributed by atoms with Crippen molar-refractivity contribution in [2.45, 2.75) is 24.7 Å². The van der Waals surface area contributed by atoms with Crippen molar-refractivity contribution < 1.29 is 8.42 Å². The molecule has 0 aliphatic carbocycles. The molecule has 0 fully saturated rings. The van der Waals surface area contributed by atoms with E-state index in [4.69, 9.17) is 0 Å². The highest BCUT2D eigenvalue weighted by molar-refractivity contribution is 8.93. The molecular weight excluding hydrogens is 364 g/mol. The number of rotatable bonds is 8. The lowest BCUT2D eigenvalue weighted by atomic mass is 10.1. The second-order valence-electron chi connectivity index (χ2n) is 4.98. The molecule has 0 spiro atoms. The number of benzene rings is 2. The lowest BCUT2D eigenvalue weighted by Crippen LogP contribution is -2.27. The second-order valence-corrected chi connectivity index (χ2v) is 6.71. The van der Waals surface area contributed by atoms with Crippen molar-refractivity contribution >= 4 is 37.8 Å². The van der Waals surface area contributed by atoms with Gasteiger partial charge in [-0.05, 0) is 37.4 Å². The molecule has 6 heteroatoms. The fourth-order valence-corrected chi connectivity index (χ4v) is 3.53. The molecule has 0 saturated heterocycles. The van der Waals surface area contributed by atoms with Gasteiger partial charge in [0.05, 0.1) is 4.90 Å². The quantitative estimate of drug-likeness (QED) is 0.685. The first-order valence-corrected chi connectivity index (χ1v) is 8.81. The van der Waals surface area contributed by atoms with Crippen LogP contribution in [0, 0.1) is 0 Å². The molecule has 0 aliphatic heterocycles. The molecular formula is C16H23BrN2O2S. The standard InChI is InChI=1S/C16H22N2O2S.BrH/c1-2-11-17-12-6-13-18-21(19,20)16-10-5-8-14-7-3-4-9-15(14)16;/h3-5,7-10,17-18H,2,6,11-13H2,1H3;1H. The zero-order chi connectivity index (χ0) is 15.1. The summed E-state index contributed by atoms with van der Waals surface area (Å²) in [6.45, 7) is 4.35. The molecule has 0 aromatic heterocycles. The van der Waals surface area contributed by atoms with E-state index in [2.05, 4.69) is 17.0 Å². The summed E-state index contributed by atoms with van der Waals surface area (Å²) in [5, 5.41) is 4.95. The van der Waals surface area contributed by atoms with E-state index in [1.54, 1.807) is 12.1 Å². The monoisotopic (exact) mass is 386 g/mol. The molecule has 2 aromatic carbocycles. The van der Waals surface area contributed by atoms with E-state index < -0.39 is 10.0 Å². The molecule has 0 aliphatic rings. The summed E-state index contributed by atoms with van der Waals surface area (Å²) in [4.78, 5) is 0.349. The van der Waals surface area contributed by atoms with Crippen LogP contribution in [0.25, 0.3) is 10.8 Å². The Kier molecular flexibility index (Phi) is 8.03. The van der Waals surface area contributed by atoms with Crippen LogP contribution in [0.15, 0.2) is 47.4 Å². The third-order valence-electron chi connectivity index (χ3n) is 3.29. The number of halogens is 1. The average Bonchev–Trinajstić information content (AvgIpc) is 2.50. The first-order valence-electron chi connectivity index (χ1n) is 7.33. The highest BCUT2D eigenvalue weighted by Crippen LogP contribution is 2.22. The molecule has 0 heterocycles. The Hall–Kier alpha value is -0.950. The predicted molar refractivity (Wildman–Crippen MR) is 97.2 cm³/mol. The summed E-state index contributed by atoms with van der Waals surface area (Å²) in [5.41, 5.74) is 0. The van der Waals surface area contributed by atoms with Crippen molar-refractivity contribution in [1.82, 2.24) is 10.0 Å². The van der Waals surface area contributed by atoms with E-state index in [1.807, 2.05) is 30.3 Å². The van der Waals surface area contributed by atoms with Crippen LogP contribution in [-0.4, -0.2) is 28.1 Å². The van der Waals surface area contributed by atoms with Crippen molar-refractivity contribution in [3.8, 4) is 0 Å². The van der Waals surface area contributed by atoms with Crippen LogP contribution in [0.5, 0.6) is 0 Å². The minimum absolute atomic E-state index is 0. The molecule has 4 nitrogen and oxygen atoms in total. The van der Waals surface area contributed by atoms with E-state index in [0.717, 1.165) is 36.7 Å². The van der Waals surface area contributed by atoms with Gasteiger partial charge in [0.15, 0.2) is 0 Å². The van der Waals surface area contributed by atoms with Gasteiger partial charge in [-0.25, -0.2) is 13.1 Å². The van der Waals surface area contributed by atoms with Crippen LogP contribution in [0.2, 0.25) is 0 Å². The summed E-state index contributed by atoms with van der Waals surface area (Å²) in [7, 11) is -3.46. The van der Waals surface area contributed by atoms with Crippen LogP contribution in [0.3, 0.4) is 0 Å². The Labute approximate surface area is 143 Å². The largest absolute Gasteiger partial charge is 0.317 e. The molecule has 2 aromatic rings. The van der Waals surface area contributed by atoms with Gasteiger partial charge >= 0.3 is 0 Å². The summed E-state index contributed by atoms with van der Waals surface area (Å²) in [6, 6.07) is 12.9. The Balaban J connectivity index is 0.00000242. The third kappa shape index (κ3) is 5.05. The summed E-state index contributed by atoms with van der Waals surface area (Å²) in [6.07, 6.45) is 1.87. The topological polar surface area (TPSA) is 58.2 Å². The van der Waals surface area contributed by atoms with Crippen molar-refractivity contribution in [3.63, 3.8) is 0 Å². The molecule has 0 radical (unpaired) electrons. The van der Waals surface area contributed by atoms with E-state index in [1.165, 1.54) is 0 Å².